The number of Topliss-reactive ketones (excluding diaryl/α,β-unsaturated/α-hetero) is 1. The van der Waals surface area contributed by atoms with Crippen LogP contribution >= 0.6 is 46.4 Å². The van der Waals surface area contributed by atoms with Gasteiger partial charge in [0.15, 0.2) is 5.76 Å². The van der Waals surface area contributed by atoms with Crippen molar-refractivity contribution in [3.8, 4) is 11.5 Å². The second-order valence-electron chi connectivity index (χ2n) is 7.84. The van der Waals surface area contributed by atoms with E-state index < -0.39 is 0 Å². The first kappa shape index (κ1) is 22.6. The molecule has 0 fully saturated rings. The highest BCUT2D eigenvalue weighted by molar-refractivity contribution is 6.36. The number of rotatable bonds is 4. The van der Waals surface area contributed by atoms with Crippen LogP contribution in [0.15, 0.2) is 54.3 Å². The third-order valence-corrected chi connectivity index (χ3v) is 6.79. The SMILES string of the molecule is O=C1/C(=C/c2ccc(Cl)cc2Cl)Oc2c1ccc1c2CN(CCc2ccc(Cl)cc2Cl)CO1. The van der Waals surface area contributed by atoms with Gasteiger partial charge in [0.25, 0.3) is 0 Å². The van der Waals surface area contributed by atoms with E-state index in [0.29, 0.717) is 56.0 Å². The average Bonchev–Trinajstić information content (AvgIpc) is 3.11. The summed E-state index contributed by atoms with van der Waals surface area (Å²) in [5.74, 6) is 1.27. The zero-order valence-electron chi connectivity index (χ0n) is 17.2. The molecule has 5 rings (SSSR count). The molecule has 3 aromatic rings. The minimum Gasteiger partial charge on any atom is -0.478 e. The number of benzene rings is 3. The fourth-order valence-electron chi connectivity index (χ4n) is 3.91. The monoisotopic (exact) mass is 519 g/mol. The van der Waals surface area contributed by atoms with E-state index in [1.165, 1.54) is 0 Å². The van der Waals surface area contributed by atoms with Crippen molar-refractivity contribution in [3.05, 3.63) is 96.6 Å². The van der Waals surface area contributed by atoms with Crippen LogP contribution in [0, 0.1) is 0 Å². The lowest BCUT2D eigenvalue weighted by Gasteiger charge is -2.29. The fourth-order valence-corrected chi connectivity index (χ4v) is 4.88. The van der Waals surface area contributed by atoms with E-state index in [1.54, 1.807) is 36.4 Å². The lowest BCUT2D eigenvalue weighted by atomic mass is 10.0. The van der Waals surface area contributed by atoms with Gasteiger partial charge in [-0.1, -0.05) is 58.5 Å². The molecule has 33 heavy (non-hydrogen) atoms. The van der Waals surface area contributed by atoms with Gasteiger partial charge in [0, 0.05) is 33.2 Å². The van der Waals surface area contributed by atoms with Gasteiger partial charge in [0.2, 0.25) is 5.78 Å². The lowest BCUT2D eigenvalue weighted by Crippen LogP contribution is -2.33. The van der Waals surface area contributed by atoms with Crippen molar-refractivity contribution < 1.29 is 14.3 Å². The molecule has 0 amide bonds. The first-order chi connectivity index (χ1) is 15.9. The van der Waals surface area contributed by atoms with E-state index >= 15 is 0 Å². The molecule has 4 nitrogen and oxygen atoms in total. The highest BCUT2D eigenvalue weighted by Gasteiger charge is 2.33. The summed E-state index contributed by atoms with van der Waals surface area (Å²) >= 11 is 24.5. The normalized spacial score (nSPS) is 16.4. The average molecular weight is 521 g/mol. The maximum absolute atomic E-state index is 13.0. The summed E-state index contributed by atoms with van der Waals surface area (Å²) < 4.78 is 12.0. The second-order valence-corrected chi connectivity index (χ2v) is 9.52. The molecule has 8 heteroatoms. The number of nitrogens with zero attached hydrogens (tertiary/aromatic N) is 1. The molecule has 0 aromatic heterocycles. The molecule has 0 radical (unpaired) electrons. The number of halogens is 4. The van der Waals surface area contributed by atoms with Gasteiger partial charge < -0.3 is 9.47 Å². The van der Waals surface area contributed by atoms with E-state index in [4.69, 9.17) is 55.9 Å². The number of ether oxygens (including phenoxy) is 2. The minimum atomic E-state index is -0.191. The zero-order chi connectivity index (χ0) is 23.1. The molecule has 0 saturated heterocycles. The van der Waals surface area contributed by atoms with Crippen LogP contribution < -0.4 is 9.47 Å². The summed E-state index contributed by atoms with van der Waals surface area (Å²) in [5, 5.41) is 2.22. The summed E-state index contributed by atoms with van der Waals surface area (Å²) in [5.41, 5.74) is 3.03. The third-order valence-electron chi connectivity index (χ3n) is 5.64. The molecule has 0 bridgehead atoms. The van der Waals surface area contributed by atoms with Gasteiger partial charge in [-0.2, -0.15) is 0 Å². The van der Waals surface area contributed by atoms with Crippen LogP contribution in [0.25, 0.3) is 6.08 Å². The molecule has 168 valence electrons. The van der Waals surface area contributed by atoms with Crippen LogP contribution in [0.3, 0.4) is 0 Å². The van der Waals surface area contributed by atoms with Gasteiger partial charge in [-0.05, 0) is 60.0 Å². The molecule has 0 unspecified atom stereocenters. The number of carbonyl (C=O) groups is 1. The van der Waals surface area contributed by atoms with E-state index in [-0.39, 0.29) is 11.5 Å². The van der Waals surface area contributed by atoms with Gasteiger partial charge >= 0.3 is 0 Å². The van der Waals surface area contributed by atoms with Crippen LogP contribution in [-0.2, 0) is 13.0 Å². The van der Waals surface area contributed by atoms with Crippen LogP contribution in [0.4, 0.5) is 0 Å². The van der Waals surface area contributed by atoms with E-state index in [0.717, 1.165) is 24.1 Å². The highest BCUT2D eigenvalue weighted by atomic mass is 35.5. The number of hydrogen-bond donors (Lipinski definition) is 0. The molecular formula is C25H17Cl4NO3. The Balaban J connectivity index is 1.37. The number of ketones is 1. The maximum Gasteiger partial charge on any atom is 0.231 e. The number of carbonyl (C=O) groups excluding carboxylic acids is 1. The summed E-state index contributed by atoms with van der Waals surface area (Å²) in [4.78, 5) is 15.1. The first-order valence-electron chi connectivity index (χ1n) is 10.2. The Morgan fingerprint density at radius 1 is 0.939 bits per heavy atom. The summed E-state index contributed by atoms with van der Waals surface area (Å²) in [6, 6.07) is 14.2. The number of allylic oxidation sites excluding steroid dienone is 1. The molecule has 0 saturated carbocycles. The molecule has 2 aliphatic rings. The molecule has 0 atom stereocenters. The standard InChI is InChI=1S/C25H17Cl4NO3/c26-16-3-1-14(20(28)10-16)7-8-30-12-19-22(32-13-30)6-5-18-24(31)23(33-25(18)19)9-15-2-4-17(27)11-21(15)29/h1-6,9-11H,7-8,12-13H2/b23-9-. The van der Waals surface area contributed by atoms with Crippen molar-refractivity contribution in [1.82, 2.24) is 4.90 Å². The van der Waals surface area contributed by atoms with Gasteiger partial charge in [-0.15, -0.1) is 0 Å². The Bertz CT molecular complexity index is 1310. The first-order valence-corrected chi connectivity index (χ1v) is 11.7. The van der Waals surface area contributed by atoms with E-state index in [9.17, 15) is 4.79 Å². The van der Waals surface area contributed by atoms with Crippen molar-refractivity contribution in [3.63, 3.8) is 0 Å². The third kappa shape index (κ3) is 4.59. The summed E-state index contributed by atoms with van der Waals surface area (Å²) in [6.45, 7) is 1.75. The molecule has 2 heterocycles. The van der Waals surface area contributed by atoms with Crippen molar-refractivity contribution >= 4 is 58.3 Å². The van der Waals surface area contributed by atoms with E-state index in [1.807, 2.05) is 18.2 Å². The molecule has 0 N–H and O–H groups in total. The van der Waals surface area contributed by atoms with Crippen molar-refractivity contribution in [1.29, 1.82) is 0 Å². The number of fused-ring (bicyclic) bond motifs is 3. The van der Waals surface area contributed by atoms with Gasteiger partial charge in [0.1, 0.15) is 18.2 Å². The number of hydrogen-bond acceptors (Lipinski definition) is 4. The molecule has 3 aromatic carbocycles. The Morgan fingerprint density at radius 2 is 1.70 bits per heavy atom. The molecule has 0 spiro atoms. The van der Waals surface area contributed by atoms with Gasteiger partial charge in [-0.3, -0.25) is 9.69 Å². The van der Waals surface area contributed by atoms with Crippen LogP contribution in [-0.4, -0.2) is 24.0 Å². The van der Waals surface area contributed by atoms with Gasteiger partial charge in [-0.25, -0.2) is 0 Å². The lowest BCUT2D eigenvalue weighted by molar-refractivity contribution is 0.0950. The maximum atomic E-state index is 13.0. The Labute approximate surface area is 211 Å². The van der Waals surface area contributed by atoms with E-state index in [2.05, 4.69) is 4.90 Å². The van der Waals surface area contributed by atoms with Crippen LogP contribution in [0.2, 0.25) is 20.1 Å². The summed E-state index contributed by atoms with van der Waals surface area (Å²) in [6.07, 6.45) is 2.38. The largest absolute Gasteiger partial charge is 0.478 e. The van der Waals surface area contributed by atoms with Crippen LogP contribution in [0.1, 0.15) is 27.0 Å². The minimum absolute atomic E-state index is 0.191. The molecular weight excluding hydrogens is 504 g/mol. The molecule has 2 aliphatic heterocycles. The highest BCUT2D eigenvalue weighted by Crippen LogP contribution is 2.42. The topological polar surface area (TPSA) is 38.8 Å². The predicted molar refractivity (Wildman–Crippen MR) is 132 cm³/mol. The summed E-state index contributed by atoms with van der Waals surface area (Å²) in [7, 11) is 0. The smallest absolute Gasteiger partial charge is 0.231 e. The Kier molecular flexibility index (Phi) is 6.30. The Morgan fingerprint density at radius 3 is 2.45 bits per heavy atom. The Hall–Kier alpha value is -2.21. The van der Waals surface area contributed by atoms with Crippen molar-refractivity contribution in [2.45, 2.75) is 13.0 Å². The van der Waals surface area contributed by atoms with Crippen LogP contribution in [0.5, 0.6) is 11.5 Å². The predicted octanol–water partition coefficient (Wildman–Crippen LogP) is 7.31. The zero-order valence-corrected chi connectivity index (χ0v) is 20.2. The fraction of sp³-hybridized carbons (Fsp3) is 0.160. The quantitative estimate of drug-likeness (QED) is 0.338. The molecule has 0 aliphatic carbocycles. The van der Waals surface area contributed by atoms with Gasteiger partial charge in [0.05, 0.1) is 11.1 Å². The van der Waals surface area contributed by atoms with Crippen molar-refractivity contribution in [2.24, 2.45) is 0 Å². The van der Waals surface area contributed by atoms with Crippen molar-refractivity contribution in [2.75, 3.05) is 13.3 Å². The second kappa shape index (κ2) is 9.21.